The lowest BCUT2D eigenvalue weighted by Gasteiger charge is -2.15. The molecule has 8 heteroatoms. The number of anilines is 1. The molecule has 0 bridgehead atoms. The van der Waals surface area contributed by atoms with Crippen molar-refractivity contribution in [2.24, 2.45) is 12.8 Å². The maximum atomic E-state index is 12.6. The number of carbonyl (C=O) groups excluding carboxylic acids is 1. The molecule has 1 aromatic carbocycles. The number of nitrogens with two attached hydrogens (primary N) is 1. The molecule has 0 saturated heterocycles. The van der Waals surface area contributed by atoms with E-state index in [4.69, 9.17) is 22.1 Å². The third kappa shape index (κ3) is 4.50. The fourth-order valence-electron chi connectivity index (χ4n) is 2.63. The number of rotatable bonds is 6. The third-order valence-electron chi connectivity index (χ3n) is 3.89. The number of aryl methyl sites for hydroxylation is 2. The number of ether oxygens (including phenoxy) is 1. The maximum Gasteiger partial charge on any atom is 0.258 e. The maximum absolute atomic E-state index is 12.6. The Hall–Kier alpha value is -2.35. The average Bonchev–Trinajstić information content (AvgIpc) is 3.18. The molecular formula is C19H21ClN4O2S. The van der Waals surface area contributed by atoms with E-state index in [9.17, 15) is 4.79 Å². The first-order chi connectivity index (χ1) is 12.8. The van der Waals surface area contributed by atoms with E-state index in [1.807, 2.05) is 39.1 Å². The Balaban J connectivity index is 1.92. The normalized spacial score (nSPS) is 12.0. The second kappa shape index (κ2) is 8.12. The van der Waals surface area contributed by atoms with Crippen LogP contribution in [0, 0.1) is 6.92 Å². The van der Waals surface area contributed by atoms with Crippen molar-refractivity contribution in [3.63, 3.8) is 0 Å². The summed E-state index contributed by atoms with van der Waals surface area (Å²) in [6.07, 6.45) is 1.71. The van der Waals surface area contributed by atoms with Crippen molar-refractivity contribution < 1.29 is 9.53 Å². The van der Waals surface area contributed by atoms with Gasteiger partial charge in [0.05, 0.1) is 11.3 Å². The highest BCUT2D eigenvalue weighted by molar-refractivity contribution is 7.16. The molecule has 0 saturated carbocycles. The predicted octanol–water partition coefficient (Wildman–Crippen LogP) is 4.09. The number of nitrogens with zero attached hydrogens (tertiary/aromatic N) is 2. The topological polar surface area (TPSA) is 82.2 Å². The standard InChI is InChI=1S/C19H21ClN4O2S/c1-11(21)10-26-17-5-4-13(9-14(17)16-6-7-22-24(16)3)23-19(25)15-8-12(2)27-18(15)20/h4-9,11H,10,21H2,1-3H3,(H,23,25)/t11-/m0/s1. The first-order valence-corrected chi connectivity index (χ1v) is 9.62. The first kappa shape index (κ1) is 19.4. The van der Waals surface area contributed by atoms with Crippen LogP contribution in [0.15, 0.2) is 36.5 Å². The predicted molar refractivity (Wildman–Crippen MR) is 110 cm³/mol. The van der Waals surface area contributed by atoms with E-state index in [2.05, 4.69) is 10.4 Å². The highest BCUT2D eigenvalue weighted by Crippen LogP contribution is 2.33. The number of amides is 1. The van der Waals surface area contributed by atoms with Crippen molar-refractivity contribution in [1.29, 1.82) is 0 Å². The van der Waals surface area contributed by atoms with E-state index in [-0.39, 0.29) is 11.9 Å². The zero-order chi connectivity index (χ0) is 19.6. The van der Waals surface area contributed by atoms with Gasteiger partial charge in [-0.25, -0.2) is 0 Å². The minimum absolute atomic E-state index is 0.0901. The highest BCUT2D eigenvalue weighted by Gasteiger charge is 2.16. The van der Waals surface area contributed by atoms with Gasteiger partial charge >= 0.3 is 0 Å². The van der Waals surface area contributed by atoms with Gasteiger partial charge in [-0.3, -0.25) is 9.48 Å². The summed E-state index contributed by atoms with van der Waals surface area (Å²) in [6, 6.07) is 9.05. The molecule has 1 amide bonds. The molecule has 2 aromatic heterocycles. The highest BCUT2D eigenvalue weighted by atomic mass is 35.5. The monoisotopic (exact) mass is 404 g/mol. The van der Waals surface area contributed by atoms with Crippen LogP contribution in [-0.4, -0.2) is 28.3 Å². The Labute approximate surface area is 166 Å². The SMILES string of the molecule is Cc1cc(C(=O)Nc2ccc(OC[C@H](C)N)c(-c3ccnn3C)c2)c(Cl)s1. The summed E-state index contributed by atoms with van der Waals surface area (Å²) in [5.41, 5.74) is 8.61. The molecule has 3 N–H and O–H groups in total. The molecule has 142 valence electrons. The van der Waals surface area contributed by atoms with Gasteiger partial charge in [0.15, 0.2) is 0 Å². The summed E-state index contributed by atoms with van der Waals surface area (Å²) in [5, 5.41) is 7.11. The number of benzene rings is 1. The van der Waals surface area contributed by atoms with Crippen LogP contribution in [0.3, 0.4) is 0 Å². The van der Waals surface area contributed by atoms with Crippen LogP contribution in [0.25, 0.3) is 11.3 Å². The van der Waals surface area contributed by atoms with Gasteiger partial charge in [0.25, 0.3) is 5.91 Å². The molecule has 0 aliphatic rings. The van der Waals surface area contributed by atoms with E-state index >= 15 is 0 Å². The number of carbonyl (C=O) groups is 1. The molecule has 3 rings (SSSR count). The van der Waals surface area contributed by atoms with E-state index in [0.717, 1.165) is 16.1 Å². The average molecular weight is 405 g/mol. The molecule has 1 atom stereocenters. The van der Waals surface area contributed by atoms with Gasteiger partial charge < -0.3 is 15.8 Å². The molecule has 0 radical (unpaired) electrons. The third-order valence-corrected chi connectivity index (χ3v) is 5.16. The zero-order valence-electron chi connectivity index (χ0n) is 15.3. The molecule has 0 fully saturated rings. The fraction of sp³-hybridized carbons (Fsp3) is 0.263. The van der Waals surface area contributed by atoms with Gasteiger partial charge in [-0.05, 0) is 44.2 Å². The van der Waals surface area contributed by atoms with Crippen molar-refractivity contribution >= 4 is 34.5 Å². The summed E-state index contributed by atoms with van der Waals surface area (Å²) in [5.74, 6) is 0.433. The minimum Gasteiger partial charge on any atom is -0.491 e. The van der Waals surface area contributed by atoms with Crippen molar-refractivity contribution in [3.8, 4) is 17.0 Å². The quantitative estimate of drug-likeness (QED) is 0.648. The number of hydrogen-bond acceptors (Lipinski definition) is 5. The molecule has 3 aromatic rings. The molecule has 6 nitrogen and oxygen atoms in total. The molecule has 0 spiro atoms. The lowest BCUT2D eigenvalue weighted by atomic mass is 10.1. The Morgan fingerprint density at radius 3 is 2.78 bits per heavy atom. The van der Waals surface area contributed by atoms with Crippen molar-refractivity contribution in [3.05, 3.63) is 51.3 Å². The number of nitrogens with one attached hydrogen (secondary N) is 1. The molecule has 27 heavy (non-hydrogen) atoms. The minimum atomic E-state index is -0.246. The Kier molecular flexibility index (Phi) is 5.84. The second-order valence-corrected chi connectivity index (χ2v) is 8.20. The van der Waals surface area contributed by atoms with E-state index in [0.29, 0.717) is 27.9 Å². The number of aromatic nitrogens is 2. The summed E-state index contributed by atoms with van der Waals surface area (Å²) in [4.78, 5) is 13.5. The summed E-state index contributed by atoms with van der Waals surface area (Å²) in [7, 11) is 1.85. The molecule has 0 aliphatic carbocycles. The van der Waals surface area contributed by atoms with E-state index < -0.39 is 0 Å². The number of hydrogen-bond donors (Lipinski definition) is 2. The van der Waals surface area contributed by atoms with Crippen molar-refractivity contribution in [2.45, 2.75) is 19.9 Å². The van der Waals surface area contributed by atoms with Crippen LogP contribution in [-0.2, 0) is 7.05 Å². The summed E-state index contributed by atoms with van der Waals surface area (Å²) in [6.45, 7) is 4.18. The second-order valence-electron chi connectivity index (χ2n) is 6.34. The number of thiophene rings is 1. The number of halogens is 1. The molecule has 0 aliphatic heterocycles. The van der Waals surface area contributed by atoms with Gasteiger partial charge in [-0.1, -0.05) is 11.6 Å². The van der Waals surface area contributed by atoms with Gasteiger partial charge in [0.1, 0.15) is 16.7 Å². The smallest absolute Gasteiger partial charge is 0.258 e. The van der Waals surface area contributed by atoms with Crippen LogP contribution in [0.1, 0.15) is 22.2 Å². The Bertz CT molecular complexity index is 965. The van der Waals surface area contributed by atoms with Crippen LogP contribution in [0.2, 0.25) is 4.34 Å². The van der Waals surface area contributed by atoms with Crippen molar-refractivity contribution in [1.82, 2.24) is 9.78 Å². The van der Waals surface area contributed by atoms with Crippen molar-refractivity contribution in [2.75, 3.05) is 11.9 Å². The summed E-state index contributed by atoms with van der Waals surface area (Å²) >= 11 is 7.53. The van der Waals surface area contributed by atoms with Gasteiger partial charge in [-0.2, -0.15) is 5.10 Å². The summed E-state index contributed by atoms with van der Waals surface area (Å²) < 4.78 is 8.08. The lowest BCUT2D eigenvalue weighted by Crippen LogP contribution is -2.23. The fourth-order valence-corrected chi connectivity index (χ4v) is 3.86. The van der Waals surface area contributed by atoms with Crippen LogP contribution < -0.4 is 15.8 Å². The lowest BCUT2D eigenvalue weighted by molar-refractivity contribution is 0.102. The van der Waals surface area contributed by atoms with Crippen LogP contribution in [0.5, 0.6) is 5.75 Å². The Morgan fingerprint density at radius 2 is 2.19 bits per heavy atom. The van der Waals surface area contributed by atoms with Crippen LogP contribution >= 0.6 is 22.9 Å². The zero-order valence-corrected chi connectivity index (χ0v) is 16.9. The van der Waals surface area contributed by atoms with Gasteiger partial charge in [-0.15, -0.1) is 11.3 Å². The van der Waals surface area contributed by atoms with Gasteiger partial charge in [0, 0.05) is 35.4 Å². The first-order valence-electron chi connectivity index (χ1n) is 8.43. The van der Waals surface area contributed by atoms with Crippen LogP contribution in [0.4, 0.5) is 5.69 Å². The van der Waals surface area contributed by atoms with E-state index in [1.54, 1.807) is 23.0 Å². The largest absolute Gasteiger partial charge is 0.491 e. The van der Waals surface area contributed by atoms with E-state index in [1.165, 1.54) is 11.3 Å². The molecule has 0 unspecified atom stereocenters. The van der Waals surface area contributed by atoms with Gasteiger partial charge in [0.2, 0.25) is 0 Å². The Morgan fingerprint density at radius 1 is 1.41 bits per heavy atom. The molecular weight excluding hydrogens is 384 g/mol. The molecule has 2 heterocycles.